The van der Waals surface area contributed by atoms with E-state index in [1.165, 1.54) is 22.6 Å². The molecule has 1 N–H and O–H groups in total. The topological polar surface area (TPSA) is 111 Å². The van der Waals surface area contributed by atoms with Crippen molar-refractivity contribution in [2.45, 2.75) is 26.4 Å². The lowest BCUT2D eigenvalue weighted by Gasteiger charge is -2.29. The van der Waals surface area contributed by atoms with Crippen molar-refractivity contribution in [3.8, 4) is 0 Å². The number of benzene rings is 2. The van der Waals surface area contributed by atoms with Crippen molar-refractivity contribution < 1.29 is 14.3 Å². The highest BCUT2D eigenvalue weighted by atomic mass is 16.5. The standard InChI is InChI=1S/C25H24N6O4/c1-16-13-21-28-30(15-22(32)27-20-9-7-18(8-10-20)23(33)35-2)25(34)31(21)24(26-16)29-12-11-17-5-3-4-6-19(17)14-29/h3-10,13H,11-12,14-15H2,1-2H3,(H,27,32). The zero-order valence-electron chi connectivity index (χ0n) is 19.4. The number of methoxy groups -OCH3 is 1. The average Bonchev–Trinajstić information content (AvgIpc) is 3.17. The Balaban J connectivity index is 1.39. The van der Waals surface area contributed by atoms with Gasteiger partial charge in [0, 0.05) is 30.5 Å². The molecule has 0 spiro atoms. The Labute approximate surface area is 200 Å². The first-order chi connectivity index (χ1) is 16.9. The minimum atomic E-state index is -0.462. The van der Waals surface area contributed by atoms with Gasteiger partial charge in [0.2, 0.25) is 11.9 Å². The van der Waals surface area contributed by atoms with Crippen molar-refractivity contribution in [1.82, 2.24) is 19.2 Å². The summed E-state index contributed by atoms with van der Waals surface area (Å²) in [6.07, 6.45) is 0.855. The smallest absolute Gasteiger partial charge is 0.353 e. The van der Waals surface area contributed by atoms with Gasteiger partial charge >= 0.3 is 11.7 Å². The molecule has 0 atom stereocenters. The second kappa shape index (κ2) is 9.05. The molecule has 1 amide bonds. The minimum Gasteiger partial charge on any atom is -0.465 e. The minimum absolute atomic E-state index is 0.263. The van der Waals surface area contributed by atoms with Gasteiger partial charge in [0.15, 0.2) is 5.65 Å². The molecule has 1 aliphatic heterocycles. The van der Waals surface area contributed by atoms with Gasteiger partial charge in [0.1, 0.15) is 6.54 Å². The Morgan fingerprint density at radius 2 is 1.83 bits per heavy atom. The highest BCUT2D eigenvalue weighted by molar-refractivity contribution is 5.92. The maximum absolute atomic E-state index is 13.3. The van der Waals surface area contributed by atoms with E-state index in [1.807, 2.05) is 19.1 Å². The van der Waals surface area contributed by atoms with E-state index in [9.17, 15) is 14.4 Å². The number of anilines is 2. The molecule has 35 heavy (non-hydrogen) atoms. The van der Waals surface area contributed by atoms with Crippen molar-refractivity contribution in [3.63, 3.8) is 0 Å². The molecule has 2 aromatic carbocycles. The summed E-state index contributed by atoms with van der Waals surface area (Å²) in [7, 11) is 1.30. The predicted molar refractivity (Wildman–Crippen MR) is 130 cm³/mol. The van der Waals surface area contributed by atoms with E-state index >= 15 is 0 Å². The number of aromatic nitrogens is 4. The Kier molecular flexibility index (Phi) is 5.77. The van der Waals surface area contributed by atoms with Crippen LogP contribution < -0.4 is 15.9 Å². The van der Waals surface area contributed by atoms with E-state index in [4.69, 9.17) is 0 Å². The lowest BCUT2D eigenvalue weighted by molar-refractivity contribution is -0.117. The quantitative estimate of drug-likeness (QED) is 0.443. The molecule has 178 valence electrons. The van der Waals surface area contributed by atoms with Gasteiger partial charge in [-0.15, -0.1) is 5.10 Å². The van der Waals surface area contributed by atoms with Gasteiger partial charge in [0.25, 0.3) is 0 Å². The second-order valence-electron chi connectivity index (χ2n) is 8.39. The summed E-state index contributed by atoms with van der Waals surface area (Å²) in [5.74, 6) is -0.361. The molecule has 5 rings (SSSR count). The molecule has 0 saturated carbocycles. The summed E-state index contributed by atoms with van der Waals surface area (Å²) in [6, 6.07) is 16.3. The van der Waals surface area contributed by atoms with Gasteiger partial charge < -0.3 is 15.0 Å². The molecule has 2 aromatic heterocycles. The summed E-state index contributed by atoms with van der Waals surface area (Å²) in [6.45, 7) is 2.96. The maximum atomic E-state index is 13.3. The van der Waals surface area contributed by atoms with Gasteiger partial charge in [-0.05, 0) is 48.7 Å². The third-order valence-corrected chi connectivity index (χ3v) is 5.98. The second-order valence-corrected chi connectivity index (χ2v) is 8.39. The lowest BCUT2D eigenvalue weighted by atomic mass is 10.0. The van der Waals surface area contributed by atoms with Crippen LogP contribution in [0.15, 0.2) is 59.4 Å². The van der Waals surface area contributed by atoms with E-state index in [0.29, 0.717) is 29.4 Å². The number of amides is 1. The molecule has 1 aliphatic rings. The normalized spacial score (nSPS) is 12.9. The molecule has 3 heterocycles. The molecular weight excluding hydrogens is 448 g/mol. The molecule has 0 unspecified atom stereocenters. The fraction of sp³-hybridized carbons (Fsp3) is 0.240. The number of carbonyl (C=O) groups excluding carboxylic acids is 2. The van der Waals surface area contributed by atoms with Crippen LogP contribution in [0.1, 0.15) is 27.2 Å². The monoisotopic (exact) mass is 472 g/mol. The number of esters is 1. The van der Waals surface area contributed by atoms with Gasteiger partial charge in [-0.1, -0.05) is 24.3 Å². The number of aryl methyl sites for hydroxylation is 1. The highest BCUT2D eigenvalue weighted by Gasteiger charge is 2.23. The molecule has 0 aliphatic carbocycles. The Bertz CT molecular complexity index is 1490. The first kappa shape index (κ1) is 22.3. The molecule has 0 bridgehead atoms. The van der Waals surface area contributed by atoms with E-state index in [2.05, 4.69) is 37.2 Å². The SMILES string of the molecule is COC(=O)c1ccc(NC(=O)Cn2nc3cc(C)nc(N4CCc5ccccc5C4)n3c2=O)cc1. The van der Waals surface area contributed by atoms with Crippen LogP contribution in [0, 0.1) is 6.92 Å². The maximum Gasteiger partial charge on any atom is 0.353 e. The summed E-state index contributed by atoms with van der Waals surface area (Å²) < 4.78 is 7.27. The third-order valence-electron chi connectivity index (χ3n) is 5.98. The van der Waals surface area contributed by atoms with Gasteiger partial charge in [0.05, 0.1) is 12.7 Å². The van der Waals surface area contributed by atoms with E-state index in [-0.39, 0.29) is 6.54 Å². The van der Waals surface area contributed by atoms with E-state index in [0.717, 1.165) is 23.3 Å². The predicted octanol–water partition coefficient (Wildman–Crippen LogP) is 2.19. The van der Waals surface area contributed by atoms with Crippen molar-refractivity contribution >= 4 is 29.2 Å². The Hall–Kier alpha value is -4.47. The average molecular weight is 473 g/mol. The van der Waals surface area contributed by atoms with Crippen molar-refractivity contribution in [1.29, 1.82) is 0 Å². The molecule has 0 fully saturated rings. The van der Waals surface area contributed by atoms with Crippen molar-refractivity contribution in [3.05, 3.63) is 87.5 Å². The number of hydrogen-bond donors (Lipinski definition) is 1. The zero-order chi connectivity index (χ0) is 24.5. The number of fused-ring (bicyclic) bond motifs is 2. The van der Waals surface area contributed by atoms with E-state index < -0.39 is 17.6 Å². The fourth-order valence-corrected chi connectivity index (χ4v) is 4.26. The number of hydrogen-bond acceptors (Lipinski definition) is 7. The first-order valence-corrected chi connectivity index (χ1v) is 11.2. The molecule has 10 heteroatoms. The molecular formula is C25H24N6O4. The zero-order valence-corrected chi connectivity index (χ0v) is 19.4. The number of carbonyl (C=O) groups is 2. The van der Waals surface area contributed by atoms with Crippen molar-refractivity contribution in [2.75, 3.05) is 23.9 Å². The van der Waals surface area contributed by atoms with E-state index in [1.54, 1.807) is 30.3 Å². The number of ether oxygens (including phenoxy) is 1. The lowest BCUT2D eigenvalue weighted by Crippen LogP contribution is -2.35. The van der Waals surface area contributed by atoms with Gasteiger partial charge in [-0.25, -0.2) is 23.7 Å². The van der Waals surface area contributed by atoms with Crippen LogP contribution >= 0.6 is 0 Å². The van der Waals surface area contributed by atoms with Gasteiger partial charge in [-0.2, -0.15) is 0 Å². The van der Waals surface area contributed by atoms with Crippen LogP contribution in [-0.4, -0.2) is 44.7 Å². The number of rotatable bonds is 5. The fourth-order valence-electron chi connectivity index (χ4n) is 4.26. The molecule has 0 saturated heterocycles. The summed E-state index contributed by atoms with van der Waals surface area (Å²) in [5, 5.41) is 7.10. The van der Waals surface area contributed by atoms with Crippen molar-refractivity contribution in [2.24, 2.45) is 0 Å². The number of nitrogens with zero attached hydrogens (tertiary/aromatic N) is 5. The molecule has 10 nitrogen and oxygen atoms in total. The summed E-state index contributed by atoms with van der Waals surface area (Å²) >= 11 is 0. The van der Waals surface area contributed by atoms with Crippen LogP contribution in [0.2, 0.25) is 0 Å². The van der Waals surface area contributed by atoms with Gasteiger partial charge in [-0.3, -0.25) is 4.79 Å². The highest BCUT2D eigenvalue weighted by Crippen LogP contribution is 2.23. The largest absolute Gasteiger partial charge is 0.465 e. The number of nitrogens with one attached hydrogen (secondary N) is 1. The van der Waals surface area contributed by atoms with Crippen LogP contribution in [0.5, 0.6) is 0 Å². The van der Waals surface area contributed by atoms with Crippen LogP contribution in [0.4, 0.5) is 11.6 Å². The van der Waals surface area contributed by atoms with Crippen LogP contribution in [-0.2, 0) is 29.0 Å². The third kappa shape index (κ3) is 4.37. The molecule has 4 aromatic rings. The first-order valence-electron chi connectivity index (χ1n) is 11.2. The van der Waals surface area contributed by atoms with Crippen LogP contribution in [0.3, 0.4) is 0 Å². The summed E-state index contributed by atoms with van der Waals surface area (Å²) in [5.41, 5.74) is 4.10. The van der Waals surface area contributed by atoms with Crippen LogP contribution in [0.25, 0.3) is 5.65 Å². The summed E-state index contributed by atoms with van der Waals surface area (Å²) in [4.78, 5) is 44.2. The molecule has 0 radical (unpaired) electrons. The Morgan fingerprint density at radius 1 is 1.09 bits per heavy atom. The Morgan fingerprint density at radius 3 is 2.57 bits per heavy atom.